The molecule has 1 atom stereocenters. The molecule has 0 fully saturated rings. The minimum atomic E-state index is -2.67. The molecule has 0 saturated heterocycles. The molecular formula is C28H30O6P. The molecule has 183 valence electrons. The summed E-state index contributed by atoms with van der Waals surface area (Å²) in [6.45, 7) is 9.86. The van der Waals surface area contributed by atoms with E-state index < -0.39 is 13.3 Å². The number of benzene rings is 3. The van der Waals surface area contributed by atoms with Crippen molar-refractivity contribution in [3.8, 4) is 17.2 Å². The van der Waals surface area contributed by atoms with Crippen molar-refractivity contribution in [1.82, 2.24) is 0 Å². The summed E-state index contributed by atoms with van der Waals surface area (Å²) < 4.78 is 29.6. The van der Waals surface area contributed by atoms with E-state index in [1.165, 1.54) is 33.5 Å². The zero-order valence-corrected chi connectivity index (χ0v) is 22.3. The molecule has 3 aromatic rings. The van der Waals surface area contributed by atoms with Gasteiger partial charge in [0.25, 0.3) is 5.52 Å². The summed E-state index contributed by atoms with van der Waals surface area (Å²) in [5.41, 5.74) is 5.15. The fourth-order valence-corrected chi connectivity index (χ4v) is 5.50. The lowest BCUT2D eigenvalue weighted by atomic mass is 9.86. The highest BCUT2D eigenvalue weighted by molar-refractivity contribution is 7.71. The maximum atomic E-state index is 13.8. The standard InChI is InChI=1S/C28H30O6P/c1-15-16(2)18(4)25(19(5)17(15)3)27(29)21-11-9-10-12-24(21)35(31)28(30)26-22(33-7)13-20(32-6)14-23(26)34-8/h9-14H,1-8H3. The quantitative estimate of drug-likeness (QED) is 0.292. The first-order chi connectivity index (χ1) is 16.6. The van der Waals surface area contributed by atoms with E-state index in [1.807, 2.05) is 34.6 Å². The van der Waals surface area contributed by atoms with Gasteiger partial charge in [-0.1, -0.05) is 12.1 Å². The summed E-state index contributed by atoms with van der Waals surface area (Å²) in [7, 11) is 1.63. The second-order valence-corrected chi connectivity index (χ2v) is 9.83. The SMILES string of the molecule is COc1cc(OC)c(C(=O)[P](=O)c2ccccc2C(=O)c2c(C)c(C)c(C)c(C)c2C)c(OC)c1. The van der Waals surface area contributed by atoms with Crippen LogP contribution in [0.4, 0.5) is 0 Å². The van der Waals surface area contributed by atoms with Crippen LogP contribution in [0.3, 0.4) is 0 Å². The van der Waals surface area contributed by atoms with E-state index in [0.29, 0.717) is 11.3 Å². The van der Waals surface area contributed by atoms with E-state index in [0.717, 1.165) is 27.8 Å². The van der Waals surface area contributed by atoms with E-state index in [2.05, 4.69) is 0 Å². The molecular weight excluding hydrogens is 463 g/mol. The van der Waals surface area contributed by atoms with Gasteiger partial charge in [0.2, 0.25) is 0 Å². The van der Waals surface area contributed by atoms with Crippen molar-refractivity contribution in [3.63, 3.8) is 0 Å². The molecule has 6 nitrogen and oxygen atoms in total. The third kappa shape index (κ3) is 4.59. The van der Waals surface area contributed by atoms with E-state index in [1.54, 1.807) is 24.3 Å². The highest BCUT2D eigenvalue weighted by Gasteiger charge is 2.30. The van der Waals surface area contributed by atoms with Gasteiger partial charge in [0, 0.05) is 23.3 Å². The number of hydrogen-bond donors (Lipinski definition) is 0. The highest BCUT2D eigenvalue weighted by atomic mass is 31.1. The van der Waals surface area contributed by atoms with Crippen LogP contribution >= 0.6 is 7.80 Å². The van der Waals surface area contributed by atoms with Crippen LogP contribution in [0.5, 0.6) is 17.2 Å². The first-order valence-electron chi connectivity index (χ1n) is 11.1. The third-order valence-corrected chi connectivity index (χ3v) is 8.13. The second-order valence-electron chi connectivity index (χ2n) is 8.35. The minimum absolute atomic E-state index is 0.0357. The van der Waals surface area contributed by atoms with E-state index in [9.17, 15) is 14.2 Å². The fraction of sp³-hybridized carbons (Fsp3) is 0.286. The number of ketones is 1. The number of hydrogen-bond acceptors (Lipinski definition) is 6. The van der Waals surface area contributed by atoms with Crippen molar-refractivity contribution in [2.45, 2.75) is 34.6 Å². The van der Waals surface area contributed by atoms with Crippen LogP contribution in [0.15, 0.2) is 36.4 Å². The summed E-state index contributed by atoms with van der Waals surface area (Å²) in [5, 5.41) is 0.173. The van der Waals surface area contributed by atoms with Gasteiger partial charge in [0.1, 0.15) is 22.8 Å². The number of methoxy groups -OCH3 is 3. The van der Waals surface area contributed by atoms with Crippen molar-refractivity contribution >= 4 is 24.4 Å². The first kappa shape index (κ1) is 26.1. The highest BCUT2D eigenvalue weighted by Crippen LogP contribution is 2.40. The molecule has 0 aliphatic carbocycles. The molecule has 0 aliphatic heterocycles. The second kappa shape index (κ2) is 10.4. The molecule has 3 rings (SSSR count). The van der Waals surface area contributed by atoms with Crippen molar-refractivity contribution < 1.29 is 28.4 Å². The number of rotatable bonds is 8. The molecule has 1 unspecified atom stereocenters. The van der Waals surface area contributed by atoms with Gasteiger partial charge in [-0.15, -0.1) is 0 Å². The Kier molecular flexibility index (Phi) is 7.76. The molecule has 1 radical (unpaired) electrons. The monoisotopic (exact) mass is 493 g/mol. The first-order valence-corrected chi connectivity index (χ1v) is 12.4. The van der Waals surface area contributed by atoms with Crippen LogP contribution in [-0.2, 0) is 4.57 Å². The largest absolute Gasteiger partial charge is 0.496 e. The Morgan fingerprint density at radius 3 is 1.66 bits per heavy atom. The van der Waals surface area contributed by atoms with Crippen LogP contribution in [0.2, 0.25) is 0 Å². The molecule has 0 saturated carbocycles. The molecule has 0 heterocycles. The summed E-state index contributed by atoms with van der Waals surface area (Å²) in [5.74, 6) is 0.522. The Morgan fingerprint density at radius 2 is 1.17 bits per heavy atom. The molecule has 7 heteroatoms. The molecule has 0 spiro atoms. The van der Waals surface area contributed by atoms with Crippen LogP contribution in [-0.4, -0.2) is 32.6 Å². The van der Waals surface area contributed by atoms with Gasteiger partial charge in [-0.25, -0.2) is 0 Å². The molecule has 0 N–H and O–H groups in total. The van der Waals surface area contributed by atoms with Crippen molar-refractivity contribution in [3.05, 3.63) is 80.9 Å². The summed E-state index contributed by atoms with van der Waals surface area (Å²) in [6.07, 6.45) is 0. The Morgan fingerprint density at radius 1 is 0.686 bits per heavy atom. The van der Waals surface area contributed by atoms with Crippen LogP contribution in [0.25, 0.3) is 0 Å². The average Bonchev–Trinajstić information content (AvgIpc) is 2.88. The lowest BCUT2D eigenvalue weighted by Crippen LogP contribution is -2.19. The zero-order chi connectivity index (χ0) is 26.0. The third-order valence-electron chi connectivity index (χ3n) is 6.71. The smallest absolute Gasteiger partial charge is 0.254 e. The van der Waals surface area contributed by atoms with Gasteiger partial charge in [-0.2, -0.15) is 0 Å². The van der Waals surface area contributed by atoms with Crippen LogP contribution < -0.4 is 19.5 Å². The maximum Gasteiger partial charge on any atom is 0.254 e. The molecule has 35 heavy (non-hydrogen) atoms. The average molecular weight is 494 g/mol. The van der Waals surface area contributed by atoms with Crippen molar-refractivity contribution in [2.24, 2.45) is 0 Å². The maximum absolute atomic E-state index is 13.8. The summed E-state index contributed by atoms with van der Waals surface area (Å²) in [6, 6.07) is 9.61. The van der Waals surface area contributed by atoms with E-state index in [4.69, 9.17) is 14.2 Å². The molecule has 0 bridgehead atoms. The number of carbonyl (C=O) groups excluding carboxylic acids is 2. The molecule has 3 aromatic carbocycles. The van der Waals surface area contributed by atoms with Crippen LogP contribution in [0.1, 0.15) is 54.1 Å². The van der Waals surface area contributed by atoms with Gasteiger partial charge in [0.05, 0.1) is 26.6 Å². The lowest BCUT2D eigenvalue weighted by Gasteiger charge is -2.19. The lowest BCUT2D eigenvalue weighted by molar-refractivity contribution is 0.103. The van der Waals surface area contributed by atoms with E-state index >= 15 is 0 Å². The summed E-state index contributed by atoms with van der Waals surface area (Å²) in [4.78, 5) is 27.3. The molecule has 0 aromatic heterocycles. The van der Waals surface area contributed by atoms with Crippen molar-refractivity contribution in [1.29, 1.82) is 0 Å². The van der Waals surface area contributed by atoms with Gasteiger partial charge >= 0.3 is 0 Å². The Balaban J connectivity index is 2.16. The number of ether oxygens (including phenoxy) is 3. The Hall–Kier alpha value is -3.50. The topological polar surface area (TPSA) is 78.9 Å². The Bertz CT molecular complexity index is 1300. The zero-order valence-electron chi connectivity index (χ0n) is 21.4. The minimum Gasteiger partial charge on any atom is -0.496 e. The number of carbonyl (C=O) groups is 2. The molecule has 0 amide bonds. The van der Waals surface area contributed by atoms with Crippen LogP contribution in [0, 0.1) is 34.6 Å². The normalized spacial score (nSPS) is 11.1. The predicted molar refractivity (Wildman–Crippen MR) is 138 cm³/mol. The van der Waals surface area contributed by atoms with Gasteiger partial charge in [-0.3, -0.25) is 14.2 Å². The van der Waals surface area contributed by atoms with Gasteiger partial charge < -0.3 is 14.2 Å². The molecule has 0 aliphatic rings. The van der Waals surface area contributed by atoms with Gasteiger partial charge in [0.15, 0.2) is 13.6 Å². The van der Waals surface area contributed by atoms with Gasteiger partial charge in [-0.05, 0) is 74.6 Å². The van der Waals surface area contributed by atoms with E-state index in [-0.39, 0.29) is 33.7 Å². The fourth-order valence-electron chi connectivity index (χ4n) is 4.25. The Labute approximate surface area is 207 Å². The van der Waals surface area contributed by atoms with Crippen molar-refractivity contribution in [2.75, 3.05) is 21.3 Å². The summed E-state index contributed by atoms with van der Waals surface area (Å²) >= 11 is 0. The predicted octanol–water partition coefficient (Wildman–Crippen LogP) is 5.78.